The molecule has 0 radical (unpaired) electrons. The number of fused-ring (bicyclic) bond motifs is 1. The first kappa shape index (κ1) is 21.4. The molecule has 3 aromatic rings. The number of aromatic nitrogens is 5. The van der Waals surface area contributed by atoms with Gasteiger partial charge in [-0.05, 0) is 44.4 Å². The van der Waals surface area contributed by atoms with Crippen LogP contribution in [0, 0.1) is 12.8 Å². The minimum absolute atomic E-state index is 0.0648. The summed E-state index contributed by atoms with van der Waals surface area (Å²) in [7, 11) is 1.91. The largest absolute Gasteiger partial charge is 0.440 e. The predicted octanol–water partition coefficient (Wildman–Crippen LogP) is 3.95. The number of pyridine rings is 1. The number of hydrogen-bond acceptors (Lipinski definition) is 7. The van der Waals surface area contributed by atoms with Crippen LogP contribution in [-0.4, -0.2) is 55.0 Å². The number of halogens is 3. The van der Waals surface area contributed by atoms with Crippen molar-refractivity contribution in [3.8, 4) is 11.6 Å². The summed E-state index contributed by atoms with van der Waals surface area (Å²) >= 11 is 1.65. The lowest BCUT2D eigenvalue weighted by molar-refractivity contribution is -0.137. The zero-order valence-electron chi connectivity index (χ0n) is 17.8. The number of oxazole rings is 1. The van der Waals surface area contributed by atoms with Crippen molar-refractivity contribution in [2.24, 2.45) is 13.0 Å². The highest BCUT2D eigenvalue weighted by atomic mass is 32.2. The fourth-order valence-corrected chi connectivity index (χ4v) is 5.45. The SMILES string of the molecule is Cc1ncoc1-c1nnc(SCCCN2C[C@H]3C[C@@]3(c3ccc(C(F)(F)F)cn3)C2)n1C. The maximum absolute atomic E-state index is 12.8. The third kappa shape index (κ3) is 3.81. The van der Waals surface area contributed by atoms with E-state index in [1.165, 1.54) is 6.39 Å². The fourth-order valence-electron chi connectivity index (χ4n) is 4.62. The van der Waals surface area contributed by atoms with E-state index < -0.39 is 11.7 Å². The van der Waals surface area contributed by atoms with Crippen molar-refractivity contribution >= 4 is 11.8 Å². The average molecular weight is 465 g/mol. The van der Waals surface area contributed by atoms with Gasteiger partial charge in [-0.2, -0.15) is 13.2 Å². The van der Waals surface area contributed by atoms with Gasteiger partial charge in [-0.25, -0.2) is 4.98 Å². The predicted molar refractivity (Wildman–Crippen MR) is 112 cm³/mol. The van der Waals surface area contributed by atoms with Crippen molar-refractivity contribution in [1.82, 2.24) is 29.6 Å². The Bertz CT molecular complexity index is 1110. The van der Waals surface area contributed by atoms with Crippen molar-refractivity contribution in [3.05, 3.63) is 41.7 Å². The summed E-state index contributed by atoms with van der Waals surface area (Å²) in [6, 6.07) is 2.71. The molecule has 2 atom stereocenters. The maximum atomic E-state index is 12.8. The van der Waals surface area contributed by atoms with Crippen LogP contribution in [0.5, 0.6) is 0 Å². The van der Waals surface area contributed by atoms with Gasteiger partial charge in [0.05, 0.1) is 11.3 Å². The number of alkyl halides is 3. The lowest BCUT2D eigenvalue weighted by Gasteiger charge is -2.20. The van der Waals surface area contributed by atoms with Gasteiger partial charge in [0.2, 0.25) is 5.82 Å². The molecule has 0 amide bonds. The molecular weight excluding hydrogens is 441 g/mol. The minimum Gasteiger partial charge on any atom is -0.440 e. The molecule has 1 saturated carbocycles. The zero-order valence-corrected chi connectivity index (χ0v) is 18.6. The molecule has 0 unspecified atom stereocenters. The van der Waals surface area contributed by atoms with Crippen LogP contribution >= 0.6 is 11.8 Å². The van der Waals surface area contributed by atoms with E-state index in [0.29, 0.717) is 17.5 Å². The smallest absolute Gasteiger partial charge is 0.417 e. The number of nitrogens with zero attached hydrogens (tertiary/aromatic N) is 6. The lowest BCUT2D eigenvalue weighted by atomic mass is 10.00. The third-order valence-corrected chi connectivity index (χ3v) is 7.56. The summed E-state index contributed by atoms with van der Waals surface area (Å²) in [6.45, 7) is 4.65. The Hall–Kier alpha value is -2.40. The first-order valence-electron chi connectivity index (χ1n) is 10.5. The molecule has 32 heavy (non-hydrogen) atoms. The van der Waals surface area contributed by atoms with Gasteiger partial charge in [0.1, 0.15) is 0 Å². The molecule has 5 rings (SSSR count). The molecule has 3 aromatic heterocycles. The highest BCUT2D eigenvalue weighted by Gasteiger charge is 2.61. The van der Waals surface area contributed by atoms with Crippen LogP contribution < -0.4 is 0 Å². The number of piperidine rings is 1. The summed E-state index contributed by atoms with van der Waals surface area (Å²) in [5.74, 6) is 2.68. The van der Waals surface area contributed by atoms with Crippen molar-refractivity contribution in [3.63, 3.8) is 0 Å². The van der Waals surface area contributed by atoms with E-state index >= 15 is 0 Å². The molecule has 11 heteroatoms. The molecule has 1 saturated heterocycles. The highest BCUT2D eigenvalue weighted by Crippen LogP contribution is 2.58. The monoisotopic (exact) mass is 464 g/mol. The summed E-state index contributed by atoms with van der Waals surface area (Å²) in [5, 5.41) is 9.31. The Morgan fingerprint density at radius 3 is 2.78 bits per heavy atom. The molecule has 2 fully saturated rings. The van der Waals surface area contributed by atoms with Gasteiger partial charge in [0.25, 0.3) is 0 Å². The van der Waals surface area contributed by atoms with Gasteiger partial charge < -0.3 is 13.9 Å². The number of rotatable bonds is 7. The van der Waals surface area contributed by atoms with Gasteiger partial charge in [0, 0.05) is 43.2 Å². The standard InChI is InChI=1S/C21H23F3N6OS/c1-13-17(31-12-26-13)18-27-28-19(29(18)2)32-7-3-6-30-10-15-8-20(15,11-30)16-5-4-14(9-25-16)21(22,23)24/h4-5,9,12,15H,3,6-8,10-11H2,1-2H3/t15-,20-/m1/s1. The van der Waals surface area contributed by atoms with E-state index in [4.69, 9.17) is 4.42 Å². The van der Waals surface area contributed by atoms with Crippen molar-refractivity contribution in [1.29, 1.82) is 0 Å². The number of aryl methyl sites for hydroxylation is 1. The van der Waals surface area contributed by atoms with Crippen LogP contribution in [0.25, 0.3) is 11.6 Å². The van der Waals surface area contributed by atoms with Gasteiger partial charge in [-0.3, -0.25) is 4.98 Å². The van der Waals surface area contributed by atoms with Crippen LogP contribution in [0.3, 0.4) is 0 Å². The number of likely N-dealkylation sites (tertiary alicyclic amines) is 1. The van der Waals surface area contributed by atoms with Crippen LogP contribution in [0.2, 0.25) is 0 Å². The average Bonchev–Trinajstić information content (AvgIpc) is 3.05. The first-order chi connectivity index (χ1) is 15.3. The maximum Gasteiger partial charge on any atom is 0.417 e. The van der Waals surface area contributed by atoms with Gasteiger partial charge in [0.15, 0.2) is 17.3 Å². The zero-order chi connectivity index (χ0) is 22.5. The van der Waals surface area contributed by atoms with Crippen LogP contribution in [0.1, 0.15) is 29.8 Å². The van der Waals surface area contributed by atoms with E-state index in [2.05, 4.69) is 25.1 Å². The van der Waals surface area contributed by atoms with E-state index in [0.717, 1.165) is 67.0 Å². The number of hydrogen-bond donors (Lipinski definition) is 0. The Labute approximate surface area is 187 Å². The molecular formula is C21H23F3N6OS. The molecule has 0 bridgehead atoms. The Balaban J connectivity index is 1.12. The third-order valence-electron chi connectivity index (χ3n) is 6.45. The summed E-state index contributed by atoms with van der Waals surface area (Å²) < 4.78 is 45.7. The summed E-state index contributed by atoms with van der Waals surface area (Å²) in [6.07, 6.45) is 0.0213. The van der Waals surface area contributed by atoms with Crippen molar-refractivity contribution in [2.75, 3.05) is 25.4 Å². The van der Waals surface area contributed by atoms with E-state index in [-0.39, 0.29) is 5.41 Å². The van der Waals surface area contributed by atoms with Crippen molar-refractivity contribution < 1.29 is 17.6 Å². The molecule has 1 aliphatic heterocycles. The Morgan fingerprint density at radius 1 is 1.25 bits per heavy atom. The molecule has 1 aliphatic carbocycles. The second kappa shape index (κ2) is 7.87. The van der Waals surface area contributed by atoms with Gasteiger partial charge in [-0.1, -0.05) is 11.8 Å². The quantitative estimate of drug-likeness (QED) is 0.387. The van der Waals surface area contributed by atoms with Crippen LogP contribution in [-0.2, 0) is 18.6 Å². The van der Waals surface area contributed by atoms with E-state index in [1.807, 2.05) is 18.5 Å². The fraction of sp³-hybridized carbons (Fsp3) is 0.524. The second-order valence-electron chi connectivity index (χ2n) is 8.56. The highest BCUT2D eigenvalue weighted by molar-refractivity contribution is 7.99. The van der Waals surface area contributed by atoms with Gasteiger partial charge >= 0.3 is 6.18 Å². The van der Waals surface area contributed by atoms with Gasteiger partial charge in [-0.15, -0.1) is 10.2 Å². The van der Waals surface area contributed by atoms with E-state index in [9.17, 15) is 13.2 Å². The van der Waals surface area contributed by atoms with Crippen molar-refractivity contribution in [2.45, 2.75) is 36.5 Å². The molecule has 0 aromatic carbocycles. The summed E-state index contributed by atoms with van der Waals surface area (Å²) in [5.41, 5.74) is 0.819. The minimum atomic E-state index is -4.34. The molecule has 7 nitrogen and oxygen atoms in total. The lowest BCUT2D eigenvalue weighted by Crippen LogP contribution is -2.28. The normalized spacial score (nSPS) is 23.0. The summed E-state index contributed by atoms with van der Waals surface area (Å²) in [4.78, 5) is 10.7. The van der Waals surface area contributed by atoms with Crippen LogP contribution in [0.15, 0.2) is 34.3 Å². The van der Waals surface area contributed by atoms with E-state index in [1.54, 1.807) is 17.8 Å². The molecule has 170 valence electrons. The Morgan fingerprint density at radius 2 is 2.09 bits per heavy atom. The molecule has 0 N–H and O–H groups in total. The second-order valence-corrected chi connectivity index (χ2v) is 9.62. The molecule has 4 heterocycles. The Kier molecular flexibility index (Phi) is 5.28. The topological polar surface area (TPSA) is 72.9 Å². The first-order valence-corrected chi connectivity index (χ1v) is 11.5. The molecule has 0 spiro atoms. The number of thioether (sulfide) groups is 1. The molecule has 2 aliphatic rings. The van der Waals surface area contributed by atoms with Crippen LogP contribution in [0.4, 0.5) is 13.2 Å².